The van der Waals surface area contributed by atoms with E-state index in [1.54, 1.807) is 5.38 Å². The molecule has 0 saturated heterocycles. The third-order valence-corrected chi connectivity index (χ3v) is 4.17. The molecule has 116 valence electrons. The highest BCUT2D eigenvalue weighted by atomic mass is 32.1. The lowest BCUT2D eigenvalue weighted by molar-refractivity contribution is 0.102. The van der Waals surface area contributed by atoms with Crippen LogP contribution in [0.15, 0.2) is 60.0 Å². The largest absolute Gasteiger partial charge is 0.332 e. The number of carbonyl (C=O) groups excluding carboxylic acids is 1. The van der Waals surface area contributed by atoms with Gasteiger partial charge in [-0.2, -0.15) is 0 Å². The average molecular weight is 323 g/mol. The van der Waals surface area contributed by atoms with E-state index in [1.165, 1.54) is 11.3 Å². The molecule has 0 fully saturated rings. The van der Waals surface area contributed by atoms with Crippen LogP contribution in [-0.2, 0) is 6.42 Å². The van der Waals surface area contributed by atoms with Crippen LogP contribution in [0.3, 0.4) is 0 Å². The van der Waals surface area contributed by atoms with Gasteiger partial charge in [0, 0.05) is 16.8 Å². The van der Waals surface area contributed by atoms with Crippen LogP contribution < -0.4 is 10.6 Å². The molecule has 0 aliphatic heterocycles. The van der Waals surface area contributed by atoms with Crippen molar-refractivity contribution in [2.75, 3.05) is 10.6 Å². The summed E-state index contributed by atoms with van der Waals surface area (Å²) in [7, 11) is 0. The fourth-order valence-electron chi connectivity index (χ4n) is 2.22. The number of para-hydroxylation sites is 2. The van der Waals surface area contributed by atoms with Gasteiger partial charge in [-0.15, -0.1) is 11.3 Å². The summed E-state index contributed by atoms with van der Waals surface area (Å²) in [4.78, 5) is 16.7. The van der Waals surface area contributed by atoms with E-state index >= 15 is 0 Å². The standard InChI is InChI=1S/C18H17N3OS/c1-2-13-8-6-7-11-15(13)20-17(22)16-12-23-18(21-16)19-14-9-4-3-5-10-14/h3-12H,2H2,1H3,(H,19,21)(H,20,22). The quantitative estimate of drug-likeness (QED) is 0.715. The molecular weight excluding hydrogens is 306 g/mol. The van der Waals surface area contributed by atoms with Gasteiger partial charge in [0.1, 0.15) is 5.69 Å². The second-order valence-corrected chi connectivity index (χ2v) is 5.85. The molecule has 1 heterocycles. The third kappa shape index (κ3) is 3.76. The lowest BCUT2D eigenvalue weighted by Crippen LogP contribution is -2.13. The summed E-state index contributed by atoms with van der Waals surface area (Å²) in [6.45, 7) is 2.07. The number of nitrogens with one attached hydrogen (secondary N) is 2. The van der Waals surface area contributed by atoms with E-state index in [1.807, 2.05) is 54.6 Å². The lowest BCUT2D eigenvalue weighted by atomic mass is 10.1. The number of aryl methyl sites for hydroxylation is 1. The Morgan fingerprint density at radius 3 is 2.61 bits per heavy atom. The molecule has 3 aromatic rings. The number of anilines is 3. The molecule has 0 atom stereocenters. The smallest absolute Gasteiger partial charge is 0.275 e. The summed E-state index contributed by atoms with van der Waals surface area (Å²) in [5.41, 5.74) is 3.31. The normalized spacial score (nSPS) is 10.3. The highest BCUT2D eigenvalue weighted by Crippen LogP contribution is 2.22. The molecule has 4 nitrogen and oxygen atoms in total. The maximum atomic E-state index is 12.4. The van der Waals surface area contributed by atoms with Crippen molar-refractivity contribution in [3.05, 3.63) is 71.2 Å². The van der Waals surface area contributed by atoms with Crippen LogP contribution in [0.25, 0.3) is 0 Å². The van der Waals surface area contributed by atoms with Crippen LogP contribution in [0.2, 0.25) is 0 Å². The van der Waals surface area contributed by atoms with Gasteiger partial charge >= 0.3 is 0 Å². The summed E-state index contributed by atoms with van der Waals surface area (Å²) in [6.07, 6.45) is 0.869. The van der Waals surface area contributed by atoms with Gasteiger partial charge in [-0.05, 0) is 30.2 Å². The van der Waals surface area contributed by atoms with Gasteiger partial charge in [-0.1, -0.05) is 43.3 Å². The predicted molar refractivity (Wildman–Crippen MR) is 95.6 cm³/mol. The van der Waals surface area contributed by atoms with Crippen LogP contribution in [0.4, 0.5) is 16.5 Å². The van der Waals surface area contributed by atoms with E-state index in [-0.39, 0.29) is 5.91 Å². The zero-order chi connectivity index (χ0) is 16.1. The Bertz CT molecular complexity index is 799. The minimum atomic E-state index is -0.191. The SMILES string of the molecule is CCc1ccccc1NC(=O)c1csc(Nc2ccccc2)n1. The molecule has 0 saturated carbocycles. The van der Waals surface area contributed by atoms with Gasteiger partial charge in [-0.25, -0.2) is 4.98 Å². The number of thiazole rings is 1. The highest BCUT2D eigenvalue weighted by molar-refractivity contribution is 7.14. The molecule has 0 bridgehead atoms. The van der Waals surface area contributed by atoms with Crippen LogP contribution in [0, 0.1) is 0 Å². The number of hydrogen-bond donors (Lipinski definition) is 2. The average Bonchev–Trinajstić information content (AvgIpc) is 3.05. The Morgan fingerprint density at radius 2 is 1.83 bits per heavy atom. The van der Waals surface area contributed by atoms with Crippen molar-refractivity contribution in [1.29, 1.82) is 0 Å². The van der Waals surface area contributed by atoms with Gasteiger partial charge in [0.05, 0.1) is 0 Å². The van der Waals surface area contributed by atoms with Gasteiger partial charge in [0.2, 0.25) is 0 Å². The molecule has 0 unspecified atom stereocenters. The minimum absolute atomic E-state index is 0.191. The van der Waals surface area contributed by atoms with Crippen molar-refractivity contribution < 1.29 is 4.79 Å². The van der Waals surface area contributed by atoms with Crippen molar-refractivity contribution >= 4 is 33.8 Å². The molecule has 0 aliphatic carbocycles. The van der Waals surface area contributed by atoms with Crippen molar-refractivity contribution in [2.45, 2.75) is 13.3 Å². The molecule has 23 heavy (non-hydrogen) atoms. The van der Waals surface area contributed by atoms with E-state index in [9.17, 15) is 4.79 Å². The Labute approximate surface area is 139 Å². The Kier molecular flexibility index (Phi) is 4.68. The Hall–Kier alpha value is -2.66. The topological polar surface area (TPSA) is 54.0 Å². The predicted octanol–water partition coefficient (Wildman–Crippen LogP) is 4.70. The van der Waals surface area contributed by atoms with Gasteiger partial charge in [0.15, 0.2) is 5.13 Å². The first-order valence-electron chi connectivity index (χ1n) is 7.43. The molecule has 1 aromatic heterocycles. The third-order valence-electron chi connectivity index (χ3n) is 3.41. The zero-order valence-electron chi connectivity index (χ0n) is 12.7. The maximum absolute atomic E-state index is 12.4. The summed E-state index contributed by atoms with van der Waals surface area (Å²) >= 11 is 1.41. The van der Waals surface area contributed by atoms with E-state index in [2.05, 4.69) is 22.5 Å². The number of nitrogens with zero attached hydrogens (tertiary/aromatic N) is 1. The van der Waals surface area contributed by atoms with Crippen LogP contribution >= 0.6 is 11.3 Å². The summed E-state index contributed by atoms with van der Waals surface area (Å²) in [6, 6.07) is 17.6. The fraction of sp³-hybridized carbons (Fsp3) is 0.111. The number of benzene rings is 2. The summed E-state index contributed by atoms with van der Waals surface area (Å²) in [5, 5.41) is 8.58. The van der Waals surface area contributed by atoms with E-state index in [0.29, 0.717) is 10.8 Å². The van der Waals surface area contributed by atoms with Crippen LogP contribution in [0.1, 0.15) is 23.0 Å². The Morgan fingerprint density at radius 1 is 1.09 bits per heavy atom. The zero-order valence-corrected chi connectivity index (χ0v) is 13.6. The van der Waals surface area contributed by atoms with Crippen LogP contribution in [-0.4, -0.2) is 10.9 Å². The van der Waals surface area contributed by atoms with E-state index in [0.717, 1.165) is 23.4 Å². The lowest BCUT2D eigenvalue weighted by Gasteiger charge is -2.08. The molecule has 1 amide bonds. The maximum Gasteiger partial charge on any atom is 0.275 e. The van der Waals surface area contributed by atoms with Gasteiger partial charge in [0.25, 0.3) is 5.91 Å². The van der Waals surface area contributed by atoms with Crippen molar-refractivity contribution in [3.8, 4) is 0 Å². The number of carbonyl (C=O) groups is 1. The second kappa shape index (κ2) is 7.07. The van der Waals surface area contributed by atoms with E-state index < -0.39 is 0 Å². The molecule has 0 radical (unpaired) electrons. The van der Waals surface area contributed by atoms with Crippen molar-refractivity contribution in [1.82, 2.24) is 4.98 Å². The second-order valence-electron chi connectivity index (χ2n) is 4.99. The number of amides is 1. The van der Waals surface area contributed by atoms with E-state index in [4.69, 9.17) is 0 Å². The minimum Gasteiger partial charge on any atom is -0.332 e. The van der Waals surface area contributed by atoms with Crippen molar-refractivity contribution in [3.63, 3.8) is 0 Å². The first kappa shape index (κ1) is 15.2. The van der Waals surface area contributed by atoms with Crippen molar-refractivity contribution in [2.24, 2.45) is 0 Å². The molecule has 0 spiro atoms. The van der Waals surface area contributed by atoms with Gasteiger partial charge < -0.3 is 10.6 Å². The molecule has 5 heteroatoms. The molecule has 2 aromatic carbocycles. The first-order valence-corrected chi connectivity index (χ1v) is 8.31. The molecule has 0 aliphatic rings. The molecule has 2 N–H and O–H groups in total. The van der Waals surface area contributed by atoms with Crippen LogP contribution in [0.5, 0.6) is 0 Å². The summed E-state index contributed by atoms with van der Waals surface area (Å²) < 4.78 is 0. The Balaban J connectivity index is 1.71. The molecular formula is C18H17N3OS. The fourth-order valence-corrected chi connectivity index (χ4v) is 2.93. The van der Waals surface area contributed by atoms with Gasteiger partial charge in [-0.3, -0.25) is 4.79 Å². The number of hydrogen-bond acceptors (Lipinski definition) is 4. The monoisotopic (exact) mass is 323 g/mol. The highest BCUT2D eigenvalue weighted by Gasteiger charge is 2.12. The number of rotatable bonds is 5. The number of aromatic nitrogens is 1. The molecule has 3 rings (SSSR count). The first-order chi connectivity index (χ1) is 11.3. The summed E-state index contributed by atoms with van der Waals surface area (Å²) in [5.74, 6) is -0.191.